The highest BCUT2D eigenvalue weighted by Gasteiger charge is 2.15. The van der Waals surface area contributed by atoms with Gasteiger partial charge in [-0.1, -0.05) is 18.2 Å². The maximum absolute atomic E-state index is 11.3. The smallest absolute Gasteiger partial charge is 0.262 e. The lowest BCUT2D eigenvalue weighted by Gasteiger charge is -2.17. The molecule has 3 rings (SSSR count). The summed E-state index contributed by atoms with van der Waals surface area (Å²) in [5.41, 5.74) is 3.96. The number of hydrogen-bond donors (Lipinski definition) is 1. The van der Waals surface area contributed by atoms with Crippen LogP contribution in [-0.2, 0) is 4.79 Å². The van der Waals surface area contributed by atoms with Crippen LogP contribution >= 0.6 is 0 Å². The van der Waals surface area contributed by atoms with Gasteiger partial charge in [0, 0.05) is 12.4 Å². The highest BCUT2D eigenvalue weighted by molar-refractivity contribution is 5.95. The van der Waals surface area contributed by atoms with Gasteiger partial charge in [-0.05, 0) is 41.8 Å². The first-order valence-electron chi connectivity index (χ1n) is 6.38. The van der Waals surface area contributed by atoms with Crippen molar-refractivity contribution in [2.24, 2.45) is 0 Å². The number of carbonyl (C=O) groups excluding carboxylic acids is 1. The number of ether oxygens (including phenoxy) is 1. The molecule has 0 spiro atoms. The van der Waals surface area contributed by atoms with Gasteiger partial charge >= 0.3 is 0 Å². The van der Waals surface area contributed by atoms with Gasteiger partial charge in [0.15, 0.2) is 6.61 Å². The van der Waals surface area contributed by atoms with Gasteiger partial charge < -0.3 is 10.1 Å². The van der Waals surface area contributed by atoms with E-state index in [-0.39, 0.29) is 12.5 Å². The predicted octanol–water partition coefficient (Wildman–Crippen LogP) is 2.89. The standard InChI is InChI=1S/C16H14N2O2/c1-11-6-7-17-9-13(11)4-2-12-3-5-15-14(8-12)18-16(19)10-20-15/h2-9H,10H2,1H3,(H,18,19). The zero-order valence-electron chi connectivity index (χ0n) is 11.1. The van der Waals surface area contributed by atoms with Crippen LogP contribution in [0.15, 0.2) is 36.7 Å². The number of carbonyl (C=O) groups is 1. The van der Waals surface area contributed by atoms with Crippen molar-refractivity contribution in [1.82, 2.24) is 4.98 Å². The highest BCUT2D eigenvalue weighted by atomic mass is 16.5. The second-order valence-electron chi connectivity index (χ2n) is 4.66. The molecular weight excluding hydrogens is 252 g/mol. The second kappa shape index (κ2) is 5.17. The summed E-state index contributed by atoms with van der Waals surface area (Å²) in [5, 5.41) is 2.80. The van der Waals surface area contributed by atoms with Crippen LogP contribution < -0.4 is 10.1 Å². The van der Waals surface area contributed by atoms with E-state index < -0.39 is 0 Å². The number of aryl methyl sites for hydroxylation is 1. The fourth-order valence-electron chi connectivity index (χ4n) is 2.04. The summed E-state index contributed by atoms with van der Waals surface area (Å²) in [6.45, 7) is 2.12. The predicted molar refractivity (Wildman–Crippen MR) is 78.5 cm³/mol. The number of aromatic nitrogens is 1. The minimum Gasteiger partial charge on any atom is -0.482 e. The van der Waals surface area contributed by atoms with Gasteiger partial charge in [-0.3, -0.25) is 9.78 Å². The van der Waals surface area contributed by atoms with Crippen LogP contribution in [0.5, 0.6) is 5.75 Å². The highest BCUT2D eigenvalue weighted by Crippen LogP contribution is 2.29. The number of benzene rings is 1. The molecule has 0 bridgehead atoms. The van der Waals surface area contributed by atoms with Crippen LogP contribution in [0.2, 0.25) is 0 Å². The number of fused-ring (bicyclic) bond motifs is 1. The zero-order valence-corrected chi connectivity index (χ0v) is 11.1. The minimum atomic E-state index is -0.123. The average Bonchev–Trinajstić information content (AvgIpc) is 2.46. The van der Waals surface area contributed by atoms with E-state index in [0.29, 0.717) is 11.4 Å². The molecule has 4 heteroatoms. The summed E-state index contributed by atoms with van der Waals surface area (Å²) in [6.07, 6.45) is 7.61. The fourth-order valence-corrected chi connectivity index (χ4v) is 2.04. The molecule has 1 aromatic heterocycles. The second-order valence-corrected chi connectivity index (χ2v) is 4.66. The van der Waals surface area contributed by atoms with Crippen molar-refractivity contribution < 1.29 is 9.53 Å². The van der Waals surface area contributed by atoms with E-state index in [2.05, 4.69) is 10.3 Å². The summed E-state index contributed by atoms with van der Waals surface area (Å²) in [7, 11) is 0. The SMILES string of the molecule is Cc1ccncc1C=Cc1ccc2c(c1)NC(=O)CO2. The Labute approximate surface area is 117 Å². The topological polar surface area (TPSA) is 51.2 Å². The van der Waals surface area contributed by atoms with Crippen LogP contribution in [0.3, 0.4) is 0 Å². The monoisotopic (exact) mass is 266 g/mol. The normalized spacial score (nSPS) is 13.8. The number of hydrogen-bond acceptors (Lipinski definition) is 3. The first kappa shape index (κ1) is 12.4. The van der Waals surface area contributed by atoms with Crippen LogP contribution in [0.25, 0.3) is 12.2 Å². The van der Waals surface area contributed by atoms with E-state index in [4.69, 9.17) is 4.74 Å². The summed E-state index contributed by atoms with van der Waals surface area (Å²) in [4.78, 5) is 15.4. The lowest BCUT2D eigenvalue weighted by atomic mass is 10.1. The first-order valence-corrected chi connectivity index (χ1v) is 6.38. The minimum absolute atomic E-state index is 0.0804. The van der Waals surface area contributed by atoms with Gasteiger partial charge in [0.1, 0.15) is 5.75 Å². The van der Waals surface area contributed by atoms with Crippen molar-refractivity contribution in [3.63, 3.8) is 0 Å². The van der Waals surface area contributed by atoms with Crippen LogP contribution in [0, 0.1) is 6.92 Å². The van der Waals surface area contributed by atoms with Crippen molar-refractivity contribution in [1.29, 1.82) is 0 Å². The van der Waals surface area contributed by atoms with Crippen LogP contribution in [0.1, 0.15) is 16.7 Å². The summed E-state index contributed by atoms with van der Waals surface area (Å²) >= 11 is 0. The van der Waals surface area contributed by atoms with Gasteiger partial charge in [-0.2, -0.15) is 0 Å². The molecule has 0 saturated carbocycles. The van der Waals surface area contributed by atoms with Gasteiger partial charge in [0.2, 0.25) is 0 Å². The molecule has 0 aliphatic carbocycles. The van der Waals surface area contributed by atoms with E-state index in [0.717, 1.165) is 11.1 Å². The van der Waals surface area contributed by atoms with E-state index in [1.165, 1.54) is 5.56 Å². The Kier molecular flexibility index (Phi) is 3.21. The molecule has 1 N–H and O–H groups in total. The Morgan fingerprint density at radius 2 is 2.20 bits per heavy atom. The van der Waals surface area contributed by atoms with Gasteiger partial charge in [-0.25, -0.2) is 0 Å². The third kappa shape index (κ3) is 2.54. The average molecular weight is 266 g/mol. The Hall–Kier alpha value is -2.62. The van der Waals surface area contributed by atoms with Crippen molar-refractivity contribution in [3.05, 3.63) is 53.3 Å². The molecule has 1 aliphatic rings. The number of rotatable bonds is 2. The Balaban J connectivity index is 1.87. The molecule has 1 aromatic carbocycles. The molecule has 0 atom stereocenters. The molecule has 0 unspecified atom stereocenters. The van der Waals surface area contributed by atoms with Gasteiger partial charge in [-0.15, -0.1) is 0 Å². The largest absolute Gasteiger partial charge is 0.482 e. The maximum atomic E-state index is 11.3. The van der Waals surface area contributed by atoms with Crippen LogP contribution in [-0.4, -0.2) is 17.5 Å². The first-order chi connectivity index (χ1) is 9.72. The van der Waals surface area contributed by atoms with E-state index in [9.17, 15) is 4.79 Å². The Morgan fingerprint density at radius 3 is 3.05 bits per heavy atom. The molecule has 4 nitrogen and oxygen atoms in total. The fraction of sp³-hybridized carbons (Fsp3) is 0.125. The molecule has 0 radical (unpaired) electrons. The lowest BCUT2D eigenvalue weighted by molar-refractivity contribution is -0.118. The Bertz CT molecular complexity index is 693. The number of amides is 1. The van der Waals surface area contributed by atoms with E-state index in [1.54, 1.807) is 6.20 Å². The summed E-state index contributed by atoms with van der Waals surface area (Å²) in [5.74, 6) is 0.584. The number of pyridine rings is 1. The lowest BCUT2D eigenvalue weighted by Crippen LogP contribution is -2.25. The maximum Gasteiger partial charge on any atom is 0.262 e. The van der Waals surface area contributed by atoms with E-state index in [1.807, 2.05) is 49.5 Å². The van der Waals surface area contributed by atoms with Gasteiger partial charge in [0.05, 0.1) is 5.69 Å². The van der Waals surface area contributed by atoms with E-state index >= 15 is 0 Å². The number of nitrogens with one attached hydrogen (secondary N) is 1. The third-order valence-corrected chi connectivity index (χ3v) is 3.17. The molecule has 1 aliphatic heterocycles. The summed E-state index contributed by atoms with van der Waals surface area (Å²) < 4.78 is 5.33. The van der Waals surface area contributed by atoms with Gasteiger partial charge in [0.25, 0.3) is 5.91 Å². The molecule has 100 valence electrons. The van der Waals surface area contributed by atoms with Crippen LogP contribution in [0.4, 0.5) is 5.69 Å². The molecule has 0 saturated heterocycles. The molecule has 0 fully saturated rings. The Morgan fingerprint density at radius 1 is 1.30 bits per heavy atom. The van der Waals surface area contributed by atoms with Crippen molar-refractivity contribution in [3.8, 4) is 5.75 Å². The third-order valence-electron chi connectivity index (χ3n) is 3.17. The zero-order chi connectivity index (χ0) is 13.9. The molecule has 2 aromatic rings. The number of anilines is 1. The quantitative estimate of drug-likeness (QED) is 0.909. The number of nitrogens with zero attached hydrogens (tertiary/aromatic N) is 1. The van der Waals surface area contributed by atoms with Crippen molar-refractivity contribution in [2.75, 3.05) is 11.9 Å². The van der Waals surface area contributed by atoms with Crippen molar-refractivity contribution in [2.45, 2.75) is 6.92 Å². The molecular formula is C16H14N2O2. The van der Waals surface area contributed by atoms with Crippen molar-refractivity contribution >= 4 is 23.7 Å². The molecule has 2 heterocycles. The summed E-state index contributed by atoms with van der Waals surface area (Å²) in [6, 6.07) is 7.69. The molecule has 20 heavy (non-hydrogen) atoms. The molecule has 1 amide bonds.